The van der Waals surface area contributed by atoms with Gasteiger partial charge in [-0.3, -0.25) is 14.7 Å². The number of aromatic nitrogens is 2. The van der Waals surface area contributed by atoms with Crippen molar-refractivity contribution in [3.63, 3.8) is 0 Å². The fourth-order valence-electron chi connectivity index (χ4n) is 3.70. The number of anilines is 1. The van der Waals surface area contributed by atoms with E-state index in [0.717, 1.165) is 21.5 Å². The summed E-state index contributed by atoms with van der Waals surface area (Å²) < 4.78 is 23.7. The Bertz CT molecular complexity index is 1300. The maximum atomic E-state index is 14.0. The molecular formula is C27H29N3O5S. The van der Waals surface area contributed by atoms with Crippen LogP contribution in [0.15, 0.2) is 54.9 Å². The molecule has 0 bridgehead atoms. The van der Waals surface area contributed by atoms with E-state index < -0.39 is 0 Å². The number of fused-ring (bicyclic) bond motifs is 1. The monoisotopic (exact) mass is 507 g/mol. The van der Waals surface area contributed by atoms with Gasteiger partial charge in [-0.1, -0.05) is 17.4 Å². The SMILES string of the molecule is CCOc1cc(C(=O)N(Cc2cccnc2)c2nc3ccc(OC)cc3s2)cc(OCC)c1OCC. The van der Waals surface area contributed by atoms with Gasteiger partial charge in [-0.05, 0) is 62.7 Å². The van der Waals surface area contributed by atoms with Crippen LogP contribution in [0.4, 0.5) is 5.13 Å². The molecule has 0 radical (unpaired) electrons. The number of ether oxygens (including phenoxy) is 4. The summed E-state index contributed by atoms with van der Waals surface area (Å²) in [5.41, 5.74) is 2.08. The number of methoxy groups -OCH3 is 1. The first-order chi connectivity index (χ1) is 17.6. The topological polar surface area (TPSA) is 83.0 Å². The molecule has 0 aliphatic rings. The lowest BCUT2D eigenvalue weighted by atomic mass is 10.1. The average molecular weight is 508 g/mol. The van der Waals surface area contributed by atoms with Gasteiger partial charge in [0, 0.05) is 18.0 Å². The second-order valence-electron chi connectivity index (χ2n) is 7.68. The molecule has 36 heavy (non-hydrogen) atoms. The molecule has 0 unspecified atom stereocenters. The van der Waals surface area contributed by atoms with Crippen molar-refractivity contribution in [3.8, 4) is 23.0 Å². The number of amides is 1. The summed E-state index contributed by atoms with van der Waals surface area (Å²) in [5.74, 6) is 1.91. The Morgan fingerprint density at radius 2 is 1.69 bits per heavy atom. The fourth-order valence-corrected chi connectivity index (χ4v) is 4.70. The molecule has 8 nitrogen and oxygen atoms in total. The predicted molar refractivity (Wildman–Crippen MR) is 141 cm³/mol. The Balaban J connectivity index is 1.81. The van der Waals surface area contributed by atoms with E-state index in [1.807, 2.05) is 51.1 Å². The highest BCUT2D eigenvalue weighted by Gasteiger charge is 2.25. The van der Waals surface area contributed by atoms with Gasteiger partial charge in [0.15, 0.2) is 16.6 Å². The third kappa shape index (κ3) is 5.52. The normalized spacial score (nSPS) is 10.8. The molecule has 0 saturated heterocycles. The van der Waals surface area contributed by atoms with Gasteiger partial charge in [0.2, 0.25) is 5.75 Å². The maximum absolute atomic E-state index is 14.0. The summed E-state index contributed by atoms with van der Waals surface area (Å²) >= 11 is 1.42. The average Bonchev–Trinajstić information content (AvgIpc) is 3.32. The standard InChI is InChI=1S/C27H29N3O5S/c1-5-33-22-13-19(14-23(34-6-2)25(22)35-7-3)26(31)30(17-18-9-8-12-28-16-18)27-29-21-11-10-20(32-4)15-24(21)36-27/h8-16H,5-7,17H2,1-4H3. The number of hydrogen-bond donors (Lipinski definition) is 0. The molecule has 2 aromatic carbocycles. The molecule has 0 aliphatic carbocycles. The molecule has 1 amide bonds. The quantitative estimate of drug-likeness (QED) is 0.256. The van der Waals surface area contributed by atoms with Crippen molar-refractivity contribution < 1.29 is 23.7 Å². The Morgan fingerprint density at radius 3 is 2.31 bits per heavy atom. The lowest BCUT2D eigenvalue weighted by Crippen LogP contribution is -2.30. The smallest absolute Gasteiger partial charge is 0.260 e. The molecule has 2 heterocycles. The molecule has 0 spiro atoms. The Labute approximate surface area is 214 Å². The van der Waals surface area contributed by atoms with Gasteiger partial charge in [0.05, 0.1) is 43.7 Å². The molecule has 0 fully saturated rings. The second-order valence-corrected chi connectivity index (χ2v) is 8.69. The first-order valence-corrected chi connectivity index (χ1v) is 12.6. The molecule has 4 aromatic rings. The number of benzene rings is 2. The summed E-state index contributed by atoms with van der Waals surface area (Å²) in [6.07, 6.45) is 3.45. The zero-order chi connectivity index (χ0) is 25.5. The molecule has 0 atom stereocenters. The van der Waals surface area contributed by atoms with Crippen molar-refractivity contribution in [2.45, 2.75) is 27.3 Å². The van der Waals surface area contributed by atoms with Crippen LogP contribution in [-0.4, -0.2) is 42.8 Å². The van der Waals surface area contributed by atoms with Gasteiger partial charge >= 0.3 is 0 Å². The van der Waals surface area contributed by atoms with Crippen LogP contribution in [0.2, 0.25) is 0 Å². The zero-order valence-electron chi connectivity index (χ0n) is 20.8. The van der Waals surface area contributed by atoms with Crippen molar-refractivity contribution in [3.05, 3.63) is 66.0 Å². The van der Waals surface area contributed by atoms with Crippen LogP contribution in [0.3, 0.4) is 0 Å². The minimum atomic E-state index is -0.241. The van der Waals surface area contributed by atoms with Gasteiger partial charge in [0.25, 0.3) is 5.91 Å². The molecule has 188 valence electrons. The number of carbonyl (C=O) groups is 1. The molecule has 0 N–H and O–H groups in total. The van der Waals surface area contributed by atoms with Crippen molar-refractivity contribution in [1.82, 2.24) is 9.97 Å². The Hall–Kier alpha value is -3.85. The summed E-state index contributed by atoms with van der Waals surface area (Å²) in [5, 5.41) is 0.567. The van der Waals surface area contributed by atoms with E-state index in [4.69, 9.17) is 23.9 Å². The van der Waals surface area contributed by atoms with Crippen LogP contribution in [0.25, 0.3) is 10.2 Å². The zero-order valence-corrected chi connectivity index (χ0v) is 21.6. The highest BCUT2D eigenvalue weighted by atomic mass is 32.1. The third-order valence-corrected chi connectivity index (χ3v) is 6.32. The minimum Gasteiger partial charge on any atom is -0.497 e. The van der Waals surface area contributed by atoms with E-state index in [-0.39, 0.29) is 5.91 Å². The number of carbonyl (C=O) groups excluding carboxylic acids is 1. The van der Waals surface area contributed by atoms with E-state index in [2.05, 4.69) is 4.98 Å². The van der Waals surface area contributed by atoms with Crippen LogP contribution in [0.1, 0.15) is 36.7 Å². The molecule has 4 rings (SSSR count). The van der Waals surface area contributed by atoms with E-state index in [1.165, 1.54) is 11.3 Å². The summed E-state index contributed by atoms with van der Waals surface area (Å²) in [6.45, 7) is 7.23. The van der Waals surface area contributed by atoms with Gasteiger partial charge in [-0.25, -0.2) is 4.98 Å². The summed E-state index contributed by atoms with van der Waals surface area (Å²) in [6, 6.07) is 12.8. The molecule has 0 saturated carbocycles. The number of nitrogens with zero attached hydrogens (tertiary/aromatic N) is 3. The van der Waals surface area contributed by atoms with E-state index in [0.29, 0.717) is 54.3 Å². The molecule has 9 heteroatoms. The van der Waals surface area contributed by atoms with Gasteiger partial charge in [-0.2, -0.15) is 0 Å². The van der Waals surface area contributed by atoms with Crippen molar-refractivity contribution >= 4 is 32.6 Å². The van der Waals surface area contributed by atoms with Crippen LogP contribution in [0.5, 0.6) is 23.0 Å². The number of rotatable bonds is 11. The highest BCUT2D eigenvalue weighted by Crippen LogP contribution is 2.40. The fraction of sp³-hybridized carbons (Fsp3) is 0.296. The van der Waals surface area contributed by atoms with E-state index >= 15 is 0 Å². The minimum absolute atomic E-state index is 0.241. The van der Waals surface area contributed by atoms with Gasteiger partial charge < -0.3 is 18.9 Å². The van der Waals surface area contributed by atoms with Crippen molar-refractivity contribution in [2.75, 3.05) is 31.8 Å². The molecule has 0 aliphatic heterocycles. The number of thiazole rings is 1. The highest BCUT2D eigenvalue weighted by molar-refractivity contribution is 7.22. The van der Waals surface area contributed by atoms with Gasteiger partial charge in [-0.15, -0.1) is 0 Å². The number of hydrogen-bond acceptors (Lipinski definition) is 8. The van der Waals surface area contributed by atoms with Crippen LogP contribution >= 0.6 is 11.3 Å². The third-order valence-electron chi connectivity index (χ3n) is 5.28. The first-order valence-electron chi connectivity index (χ1n) is 11.8. The maximum Gasteiger partial charge on any atom is 0.260 e. The summed E-state index contributed by atoms with van der Waals surface area (Å²) in [7, 11) is 1.62. The lowest BCUT2D eigenvalue weighted by Gasteiger charge is -2.22. The van der Waals surface area contributed by atoms with Crippen molar-refractivity contribution in [1.29, 1.82) is 0 Å². The Morgan fingerprint density at radius 1 is 0.972 bits per heavy atom. The largest absolute Gasteiger partial charge is 0.497 e. The molecular weight excluding hydrogens is 478 g/mol. The lowest BCUT2D eigenvalue weighted by molar-refractivity contribution is 0.0984. The van der Waals surface area contributed by atoms with Crippen LogP contribution < -0.4 is 23.8 Å². The number of pyridine rings is 1. The molecule has 2 aromatic heterocycles. The summed E-state index contributed by atoms with van der Waals surface area (Å²) in [4.78, 5) is 24.6. The predicted octanol–water partition coefficient (Wildman–Crippen LogP) is 5.74. The van der Waals surface area contributed by atoms with E-state index in [1.54, 1.807) is 36.5 Å². The van der Waals surface area contributed by atoms with Gasteiger partial charge in [0.1, 0.15) is 5.75 Å². The first kappa shape index (κ1) is 25.2. The second kappa shape index (κ2) is 11.7. The Kier molecular flexibility index (Phi) is 8.22. The van der Waals surface area contributed by atoms with E-state index in [9.17, 15) is 4.79 Å². The van der Waals surface area contributed by atoms with Crippen LogP contribution in [-0.2, 0) is 6.54 Å². The van der Waals surface area contributed by atoms with Crippen LogP contribution in [0, 0.1) is 0 Å². The van der Waals surface area contributed by atoms with Crippen molar-refractivity contribution in [2.24, 2.45) is 0 Å².